The number of carbonyl (C=O) groups is 2. The van der Waals surface area contributed by atoms with E-state index in [0.717, 1.165) is 73.1 Å². The SMILES string of the molecule is CCCCCCOc1nsnc1C1=CCCN(OC(=O)C(=O)ON2CCC=C(c3nsnc3OCCCCCC)C2)C1. The van der Waals surface area contributed by atoms with Crippen LogP contribution in [0.5, 0.6) is 11.8 Å². The predicted molar refractivity (Wildman–Crippen MR) is 160 cm³/mol. The molecule has 12 nitrogen and oxygen atoms in total. The van der Waals surface area contributed by atoms with E-state index in [-0.39, 0.29) is 13.1 Å². The number of ether oxygens (including phenoxy) is 2. The zero-order chi connectivity index (χ0) is 29.6. The lowest BCUT2D eigenvalue weighted by molar-refractivity contribution is -0.215. The van der Waals surface area contributed by atoms with Crippen LogP contribution in [0.1, 0.15) is 89.4 Å². The van der Waals surface area contributed by atoms with Crippen molar-refractivity contribution in [1.82, 2.24) is 27.6 Å². The third-order valence-electron chi connectivity index (χ3n) is 6.82. The highest BCUT2D eigenvalue weighted by atomic mass is 32.1. The van der Waals surface area contributed by atoms with Gasteiger partial charge < -0.3 is 19.1 Å². The maximum absolute atomic E-state index is 12.6. The lowest BCUT2D eigenvalue weighted by Crippen LogP contribution is -2.39. The summed E-state index contributed by atoms with van der Waals surface area (Å²) in [4.78, 5) is 36.1. The van der Waals surface area contributed by atoms with Crippen LogP contribution in [-0.2, 0) is 19.3 Å². The van der Waals surface area contributed by atoms with Crippen LogP contribution in [0.2, 0.25) is 0 Å². The molecule has 0 aliphatic carbocycles. The van der Waals surface area contributed by atoms with E-state index in [9.17, 15) is 9.59 Å². The van der Waals surface area contributed by atoms with Crippen LogP contribution in [-0.4, -0.2) is 79.0 Å². The van der Waals surface area contributed by atoms with Crippen molar-refractivity contribution in [3.05, 3.63) is 23.5 Å². The Balaban J connectivity index is 1.24. The summed E-state index contributed by atoms with van der Waals surface area (Å²) in [5.41, 5.74) is 2.97. The third kappa shape index (κ3) is 9.54. The van der Waals surface area contributed by atoms with Gasteiger partial charge in [0.1, 0.15) is 11.4 Å². The molecule has 2 aliphatic rings. The summed E-state index contributed by atoms with van der Waals surface area (Å²) < 4.78 is 29.1. The zero-order valence-corrected chi connectivity index (χ0v) is 26.1. The van der Waals surface area contributed by atoms with Crippen molar-refractivity contribution in [2.75, 3.05) is 39.4 Å². The first kappa shape index (κ1) is 32.0. The summed E-state index contributed by atoms with van der Waals surface area (Å²) in [7, 11) is 0. The maximum Gasteiger partial charge on any atom is 0.438 e. The van der Waals surface area contributed by atoms with Gasteiger partial charge in [0.25, 0.3) is 11.8 Å². The molecule has 14 heteroatoms. The lowest BCUT2D eigenvalue weighted by Gasteiger charge is -2.27. The Morgan fingerprint density at radius 1 is 0.690 bits per heavy atom. The molecule has 0 fully saturated rings. The van der Waals surface area contributed by atoms with Gasteiger partial charge in [-0.3, -0.25) is 0 Å². The molecular weight excluding hydrogens is 580 g/mol. The molecule has 4 heterocycles. The van der Waals surface area contributed by atoms with Crippen molar-refractivity contribution in [2.45, 2.75) is 78.1 Å². The molecule has 0 atom stereocenters. The lowest BCUT2D eigenvalue weighted by atomic mass is 10.1. The first-order valence-electron chi connectivity index (χ1n) is 14.8. The molecule has 0 N–H and O–H groups in total. The van der Waals surface area contributed by atoms with Gasteiger partial charge in [-0.25, -0.2) is 9.59 Å². The van der Waals surface area contributed by atoms with Crippen molar-refractivity contribution >= 4 is 46.5 Å². The third-order valence-corrected chi connectivity index (χ3v) is 7.84. The first-order valence-corrected chi connectivity index (χ1v) is 16.3. The van der Waals surface area contributed by atoms with Gasteiger partial charge in [-0.1, -0.05) is 64.5 Å². The number of hydrogen-bond acceptors (Lipinski definition) is 14. The Labute approximate surface area is 255 Å². The molecule has 42 heavy (non-hydrogen) atoms. The van der Waals surface area contributed by atoms with E-state index < -0.39 is 11.9 Å². The van der Waals surface area contributed by atoms with Crippen LogP contribution in [0.3, 0.4) is 0 Å². The van der Waals surface area contributed by atoms with Crippen LogP contribution >= 0.6 is 23.5 Å². The summed E-state index contributed by atoms with van der Waals surface area (Å²) in [5, 5.41) is 2.88. The van der Waals surface area contributed by atoms with Crippen molar-refractivity contribution in [2.24, 2.45) is 0 Å². The van der Waals surface area contributed by atoms with E-state index >= 15 is 0 Å². The number of rotatable bonds is 16. The second-order valence-corrected chi connectivity index (χ2v) is 11.2. The van der Waals surface area contributed by atoms with Crippen molar-refractivity contribution in [3.63, 3.8) is 0 Å². The van der Waals surface area contributed by atoms with Gasteiger partial charge in [0.2, 0.25) is 0 Å². The molecule has 0 amide bonds. The van der Waals surface area contributed by atoms with E-state index in [1.165, 1.54) is 23.0 Å². The Kier molecular flexibility index (Phi) is 13.1. The maximum atomic E-state index is 12.6. The standard InChI is InChI=1S/C28H40N6O6S2/c1-3-5-7-9-17-37-25-23(29-41-31-25)21-13-11-15-33(19-21)39-27(35)28(36)40-34-16-12-14-22(20-34)24-26(32-42-30-24)38-18-10-8-6-4-2/h13-14H,3-12,15-20H2,1-2H3. The van der Waals surface area contributed by atoms with Crippen LogP contribution in [0.25, 0.3) is 11.1 Å². The summed E-state index contributed by atoms with van der Waals surface area (Å²) in [6.07, 6.45) is 14.1. The monoisotopic (exact) mass is 620 g/mol. The normalized spacial score (nSPS) is 16.0. The number of carbonyl (C=O) groups excluding carboxylic acids is 2. The Morgan fingerprint density at radius 2 is 1.14 bits per heavy atom. The van der Waals surface area contributed by atoms with Gasteiger partial charge in [-0.15, -0.1) is 18.9 Å². The van der Waals surface area contributed by atoms with E-state index in [2.05, 4.69) is 31.3 Å². The van der Waals surface area contributed by atoms with Gasteiger partial charge in [0.05, 0.1) is 49.8 Å². The highest BCUT2D eigenvalue weighted by Crippen LogP contribution is 2.29. The molecule has 0 radical (unpaired) electrons. The van der Waals surface area contributed by atoms with Gasteiger partial charge in [0, 0.05) is 13.1 Å². The number of hydrogen-bond donors (Lipinski definition) is 0. The van der Waals surface area contributed by atoms with Crippen molar-refractivity contribution < 1.29 is 28.7 Å². The molecule has 0 saturated carbocycles. The topological polar surface area (TPSA) is 129 Å². The van der Waals surface area contributed by atoms with Crippen LogP contribution in [0, 0.1) is 0 Å². The summed E-state index contributed by atoms with van der Waals surface area (Å²) in [6, 6.07) is 0. The molecule has 2 aliphatic heterocycles. The summed E-state index contributed by atoms with van der Waals surface area (Å²) in [6.45, 7) is 6.93. The van der Waals surface area contributed by atoms with Crippen LogP contribution < -0.4 is 9.47 Å². The highest BCUT2D eigenvalue weighted by Gasteiger charge is 2.29. The second-order valence-electron chi connectivity index (χ2n) is 10.2. The highest BCUT2D eigenvalue weighted by molar-refractivity contribution is 6.99. The fourth-order valence-corrected chi connectivity index (χ4v) is 5.64. The minimum absolute atomic E-state index is 0.269. The number of nitrogens with zero attached hydrogens (tertiary/aromatic N) is 6. The van der Waals surface area contributed by atoms with E-state index in [1.807, 2.05) is 12.2 Å². The van der Waals surface area contributed by atoms with Gasteiger partial charge in [-0.05, 0) is 36.8 Å². The Morgan fingerprint density at radius 3 is 1.57 bits per heavy atom. The quantitative estimate of drug-likeness (QED) is 0.183. The minimum atomic E-state index is -1.08. The van der Waals surface area contributed by atoms with E-state index in [1.54, 1.807) is 0 Å². The zero-order valence-electron chi connectivity index (χ0n) is 24.4. The average molecular weight is 621 g/mol. The van der Waals surface area contributed by atoms with Gasteiger partial charge >= 0.3 is 11.9 Å². The van der Waals surface area contributed by atoms with E-state index in [4.69, 9.17) is 19.1 Å². The van der Waals surface area contributed by atoms with Crippen molar-refractivity contribution in [1.29, 1.82) is 0 Å². The van der Waals surface area contributed by atoms with Crippen LogP contribution in [0.4, 0.5) is 0 Å². The summed E-state index contributed by atoms with van der Waals surface area (Å²) >= 11 is 2.16. The average Bonchev–Trinajstić information content (AvgIpc) is 3.67. The Bertz CT molecular complexity index is 1120. The van der Waals surface area contributed by atoms with Gasteiger partial charge in [0.15, 0.2) is 0 Å². The molecule has 0 bridgehead atoms. The molecular formula is C28H40N6O6S2. The van der Waals surface area contributed by atoms with E-state index in [0.29, 0.717) is 62.3 Å². The molecule has 0 aromatic carbocycles. The number of hydroxylamine groups is 4. The number of unbranched alkanes of at least 4 members (excludes halogenated alkanes) is 6. The molecule has 2 aromatic rings. The molecule has 0 saturated heterocycles. The van der Waals surface area contributed by atoms with Gasteiger partial charge in [-0.2, -0.15) is 8.75 Å². The molecule has 230 valence electrons. The fourth-order valence-electron chi connectivity index (χ4n) is 4.58. The Hall–Kier alpha value is -2.94. The molecule has 0 spiro atoms. The number of aromatic nitrogens is 4. The smallest absolute Gasteiger partial charge is 0.438 e. The summed E-state index contributed by atoms with van der Waals surface area (Å²) in [5.74, 6) is -1.18. The minimum Gasteiger partial charge on any atom is -0.475 e. The fraction of sp³-hybridized carbons (Fsp3) is 0.643. The van der Waals surface area contributed by atoms with Crippen LogP contribution in [0.15, 0.2) is 12.2 Å². The second kappa shape index (κ2) is 17.2. The van der Waals surface area contributed by atoms with Crippen molar-refractivity contribution in [3.8, 4) is 11.8 Å². The largest absolute Gasteiger partial charge is 0.475 e. The molecule has 2 aromatic heterocycles. The first-order chi connectivity index (χ1) is 20.6. The molecule has 4 rings (SSSR count). The molecule has 0 unspecified atom stereocenters. The predicted octanol–water partition coefficient (Wildman–Crippen LogP) is 5.10.